The van der Waals surface area contributed by atoms with Gasteiger partial charge in [0.15, 0.2) is 11.5 Å². The summed E-state index contributed by atoms with van der Waals surface area (Å²) < 4.78 is 15.7. The minimum Gasteiger partial charge on any atom is -0.508 e. The molecule has 0 fully saturated rings. The molecule has 2 aromatic carbocycles. The van der Waals surface area contributed by atoms with E-state index in [4.69, 9.17) is 14.2 Å². The standard InChI is InChI=1S/C18H20N2O7/c1-25-15-6-11(7-16(26-2)18(15)27-3)8-17(22)19-10-12-9-13(20(23)24)4-5-14(12)21/h4-7,9,21H,8,10H2,1-3H3,(H,19,22). The van der Waals surface area contributed by atoms with E-state index in [1.54, 1.807) is 12.1 Å². The summed E-state index contributed by atoms with van der Waals surface area (Å²) in [5.41, 5.74) is 0.717. The van der Waals surface area contributed by atoms with Gasteiger partial charge < -0.3 is 24.6 Å². The van der Waals surface area contributed by atoms with Crippen molar-refractivity contribution in [2.24, 2.45) is 0 Å². The van der Waals surface area contributed by atoms with Crippen molar-refractivity contribution in [3.63, 3.8) is 0 Å². The first kappa shape index (κ1) is 19.8. The average molecular weight is 376 g/mol. The fourth-order valence-corrected chi connectivity index (χ4v) is 2.51. The Balaban J connectivity index is 2.10. The molecule has 0 bridgehead atoms. The number of non-ortho nitro benzene ring substituents is 1. The lowest BCUT2D eigenvalue weighted by Gasteiger charge is -2.14. The van der Waals surface area contributed by atoms with Gasteiger partial charge in [-0.15, -0.1) is 0 Å². The Morgan fingerprint density at radius 2 is 1.74 bits per heavy atom. The van der Waals surface area contributed by atoms with Gasteiger partial charge >= 0.3 is 0 Å². The van der Waals surface area contributed by atoms with Crippen molar-refractivity contribution < 1.29 is 29.0 Å². The molecule has 27 heavy (non-hydrogen) atoms. The van der Waals surface area contributed by atoms with E-state index in [9.17, 15) is 20.0 Å². The zero-order chi connectivity index (χ0) is 20.0. The van der Waals surface area contributed by atoms with Crippen LogP contribution in [0.3, 0.4) is 0 Å². The topological polar surface area (TPSA) is 120 Å². The van der Waals surface area contributed by atoms with Crippen LogP contribution in [0.1, 0.15) is 11.1 Å². The molecule has 0 unspecified atom stereocenters. The van der Waals surface area contributed by atoms with Gasteiger partial charge in [-0.1, -0.05) is 0 Å². The van der Waals surface area contributed by atoms with Crippen molar-refractivity contribution in [3.8, 4) is 23.0 Å². The van der Waals surface area contributed by atoms with Crippen LogP contribution in [-0.4, -0.2) is 37.3 Å². The smallest absolute Gasteiger partial charge is 0.270 e. The number of ether oxygens (including phenoxy) is 3. The number of aromatic hydroxyl groups is 1. The number of nitrogens with zero attached hydrogens (tertiary/aromatic N) is 1. The molecular weight excluding hydrogens is 356 g/mol. The molecule has 9 heteroatoms. The van der Waals surface area contributed by atoms with E-state index < -0.39 is 4.92 Å². The molecule has 0 spiro atoms. The third-order valence-electron chi connectivity index (χ3n) is 3.84. The summed E-state index contributed by atoms with van der Waals surface area (Å²) in [6.07, 6.45) is 0.0202. The highest BCUT2D eigenvalue weighted by Crippen LogP contribution is 2.38. The number of benzene rings is 2. The zero-order valence-corrected chi connectivity index (χ0v) is 15.1. The van der Waals surface area contributed by atoms with Crippen molar-refractivity contribution in [1.82, 2.24) is 5.32 Å². The second kappa shape index (κ2) is 8.75. The Morgan fingerprint density at radius 1 is 1.11 bits per heavy atom. The van der Waals surface area contributed by atoms with Crippen LogP contribution in [-0.2, 0) is 17.8 Å². The van der Waals surface area contributed by atoms with E-state index >= 15 is 0 Å². The molecule has 0 aliphatic heterocycles. The summed E-state index contributed by atoms with van der Waals surface area (Å²) in [5, 5.41) is 23.2. The van der Waals surface area contributed by atoms with Crippen molar-refractivity contribution in [3.05, 3.63) is 51.6 Å². The van der Waals surface area contributed by atoms with Gasteiger partial charge in [-0.2, -0.15) is 0 Å². The molecule has 0 radical (unpaired) electrons. The summed E-state index contributed by atoms with van der Waals surface area (Å²) >= 11 is 0. The largest absolute Gasteiger partial charge is 0.508 e. The first-order chi connectivity index (χ1) is 12.9. The number of nitro groups is 1. The highest BCUT2D eigenvalue weighted by atomic mass is 16.6. The zero-order valence-electron chi connectivity index (χ0n) is 15.1. The quantitative estimate of drug-likeness (QED) is 0.535. The third kappa shape index (κ3) is 4.78. The molecular formula is C18H20N2O7. The first-order valence-corrected chi connectivity index (χ1v) is 7.91. The van der Waals surface area contributed by atoms with Gasteiger partial charge in [-0.25, -0.2) is 0 Å². The fraction of sp³-hybridized carbons (Fsp3) is 0.278. The summed E-state index contributed by atoms with van der Waals surface area (Å²) in [5.74, 6) is 0.807. The molecule has 0 aromatic heterocycles. The molecule has 9 nitrogen and oxygen atoms in total. The minimum absolute atomic E-state index is 0.0202. The van der Waals surface area contributed by atoms with Crippen molar-refractivity contribution in [2.45, 2.75) is 13.0 Å². The predicted molar refractivity (Wildman–Crippen MR) is 96.4 cm³/mol. The fourth-order valence-electron chi connectivity index (χ4n) is 2.51. The van der Waals surface area contributed by atoms with Crippen LogP contribution in [0.4, 0.5) is 5.69 Å². The Morgan fingerprint density at radius 3 is 2.26 bits per heavy atom. The average Bonchev–Trinajstić information content (AvgIpc) is 2.66. The van der Waals surface area contributed by atoms with Crippen molar-refractivity contribution in [1.29, 1.82) is 0 Å². The van der Waals surface area contributed by atoms with Crippen LogP contribution in [0.15, 0.2) is 30.3 Å². The van der Waals surface area contributed by atoms with Crippen molar-refractivity contribution in [2.75, 3.05) is 21.3 Å². The van der Waals surface area contributed by atoms with E-state index in [1.807, 2.05) is 0 Å². The number of nitrogens with one attached hydrogen (secondary N) is 1. The number of hydrogen-bond acceptors (Lipinski definition) is 7. The van der Waals surface area contributed by atoms with Gasteiger partial charge in [-0.3, -0.25) is 14.9 Å². The summed E-state index contributed by atoms with van der Waals surface area (Å²) in [4.78, 5) is 22.5. The predicted octanol–water partition coefficient (Wildman–Crippen LogP) is 2.19. The molecule has 0 atom stereocenters. The van der Waals surface area contributed by atoms with Gasteiger partial charge in [0.2, 0.25) is 11.7 Å². The molecule has 0 aliphatic carbocycles. The maximum absolute atomic E-state index is 12.2. The first-order valence-electron chi connectivity index (χ1n) is 7.91. The molecule has 0 saturated heterocycles. The molecule has 2 N–H and O–H groups in total. The Bertz CT molecular complexity index is 827. The Labute approximate surface area is 155 Å². The second-order valence-electron chi connectivity index (χ2n) is 5.56. The molecule has 0 saturated carbocycles. The minimum atomic E-state index is -0.569. The number of nitro benzene ring substituents is 1. The normalized spacial score (nSPS) is 10.2. The maximum Gasteiger partial charge on any atom is 0.270 e. The number of carbonyl (C=O) groups is 1. The number of hydrogen-bond donors (Lipinski definition) is 2. The van der Waals surface area contributed by atoms with E-state index in [0.29, 0.717) is 22.8 Å². The lowest BCUT2D eigenvalue weighted by Crippen LogP contribution is -2.24. The monoisotopic (exact) mass is 376 g/mol. The number of rotatable bonds is 8. The maximum atomic E-state index is 12.2. The van der Waals surface area contributed by atoms with Crippen LogP contribution in [0.2, 0.25) is 0 Å². The van der Waals surface area contributed by atoms with E-state index in [2.05, 4.69) is 5.32 Å². The highest BCUT2D eigenvalue weighted by molar-refractivity contribution is 5.79. The van der Waals surface area contributed by atoms with Gasteiger partial charge in [-0.05, 0) is 23.8 Å². The third-order valence-corrected chi connectivity index (χ3v) is 3.84. The highest BCUT2D eigenvalue weighted by Gasteiger charge is 2.16. The molecule has 0 heterocycles. The number of phenols is 1. The van der Waals surface area contributed by atoms with Crippen LogP contribution in [0, 0.1) is 10.1 Å². The van der Waals surface area contributed by atoms with Crippen LogP contribution < -0.4 is 19.5 Å². The van der Waals surface area contributed by atoms with Crippen LogP contribution in [0.25, 0.3) is 0 Å². The van der Waals surface area contributed by atoms with Gasteiger partial charge in [0.05, 0.1) is 32.7 Å². The Hall–Kier alpha value is -3.49. The second-order valence-corrected chi connectivity index (χ2v) is 5.56. The van der Waals surface area contributed by atoms with E-state index in [0.717, 1.165) is 0 Å². The SMILES string of the molecule is COc1cc(CC(=O)NCc2cc([N+](=O)[O-])ccc2O)cc(OC)c1OC. The number of methoxy groups -OCH3 is 3. The van der Waals surface area contributed by atoms with Crippen LogP contribution >= 0.6 is 0 Å². The number of amides is 1. The molecule has 2 aromatic rings. The number of carbonyl (C=O) groups excluding carboxylic acids is 1. The lowest BCUT2D eigenvalue weighted by molar-refractivity contribution is -0.384. The molecule has 1 amide bonds. The summed E-state index contributed by atoms with van der Waals surface area (Å²) in [6.45, 7) is -0.0449. The van der Waals surface area contributed by atoms with Gasteiger partial charge in [0, 0.05) is 24.2 Å². The Kier molecular flexibility index (Phi) is 6.42. The number of phenolic OH excluding ortho intramolecular Hbond substituents is 1. The summed E-state index contributed by atoms with van der Waals surface area (Å²) in [7, 11) is 4.44. The van der Waals surface area contributed by atoms with Gasteiger partial charge in [0.1, 0.15) is 5.75 Å². The van der Waals surface area contributed by atoms with Gasteiger partial charge in [0.25, 0.3) is 5.69 Å². The van der Waals surface area contributed by atoms with Crippen LogP contribution in [0.5, 0.6) is 23.0 Å². The molecule has 144 valence electrons. The van der Waals surface area contributed by atoms with E-state index in [-0.39, 0.29) is 35.9 Å². The lowest BCUT2D eigenvalue weighted by atomic mass is 10.1. The summed E-state index contributed by atoms with van der Waals surface area (Å²) in [6, 6.07) is 6.95. The molecule has 0 aliphatic rings. The van der Waals surface area contributed by atoms with E-state index in [1.165, 1.54) is 39.5 Å². The van der Waals surface area contributed by atoms with Crippen molar-refractivity contribution >= 4 is 11.6 Å². The molecule has 2 rings (SSSR count).